The van der Waals surface area contributed by atoms with Crippen molar-refractivity contribution in [3.8, 4) is 12.3 Å². The third kappa shape index (κ3) is 1.09. The summed E-state index contributed by atoms with van der Waals surface area (Å²) in [5.41, 5.74) is 0. The number of hydrogen-bond acceptors (Lipinski definition) is 0. The molecule has 0 aromatic rings. The molecule has 4 fully saturated rings. The Labute approximate surface area is 78.9 Å². The van der Waals surface area contributed by atoms with Crippen LogP contribution >= 0.6 is 0 Å². The van der Waals surface area contributed by atoms with Gasteiger partial charge in [-0.1, -0.05) is 0 Å². The topological polar surface area (TPSA) is 13.3 Å². The van der Waals surface area contributed by atoms with Crippen molar-refractivity contribution in [3.63, 3.8) is 0 Å². The summed E-state index contributed by atoms with van der Waals surface area (Å²) in [7, 11) is 0. The lowest BCUT2D eigenvalue weighted by atomic mass is 10.3. The highest BCUT2D eigenvalue weighted by atomic mass is 15.7. The van der Waals surface area contributed by atoms with Crippen molar-refractivity contribution in [2.24, 2.45) is 0 Å². The van der Waals surface area contributed by atoms with Crippen LogP contribution in [0.5, 0.6) is 0 Å². The lowest BCUT2D eigenvalue weighted by Gasteiger charge is -2.52. The standard InChI is InChI=1S/C9H15N4/c1-2-3-13-7-10-4-11(8-13)6-12(5-10)9-13/h1H,3-9H2/q+1/p+3. The number of rotatable bonds is 1. The Morgan fingerprint density at radius 3 is 1.85 bits per heavy atom. The molecule has 4 saturated heterocycles. The van der Waals surface area contributed by atoms with E-state index in [9.17, 15) is 0 Å². The van der Waals surface area contributed by atoms with Gasteiger partial charge in [0.15, 0.2) is 6.54 Å². The average molecular weight is 182 g/mol. The molecule has 3 N–H and O–H groups in total. The van der Waals surface area contributed by atoms with E-state index in [4.69, 9.17) is 6.42 Å². The first-order valence-corrected chi connectivity index (χ1v) is 5.09. The summed E-state index contributed by atoms with van der Waals surface area (Å²) in [6.07, 6.45) is 5.46. The molecule has 0 amide bonds. The predicted octanol–water partition coefficient (Wildman–Crippen LogP) is -5.12. The zero-order valence-corrected chi connectivity index (χ0v) is 7.97. The summed E-state index contributed by atoms with van der Waals surface area (Å²) >= 11 is 0. The van der Waals surface area contributed by atoms with Crippen molar-refractivity contribution in [1.29, 1.82) is 0 Å². The zero-order chi connectivity index (χ0) is 8.89. The average Bonchev–Trinajstić information content (AvgIpc) is 2.00. The summed E-state index contributed by atoms with van der Waals surface area (Å²) in [4.78, 5) is 5.26. The van der Waals surface area contributed by atoms with Gasteiger partial charge >= 0.3 is 0 Å². The summed E-state index contributed by atoms with van der Waals surface area (Å²) in [6, 6.07) is 0. The molecule has 4 heteroatoms. The van der Waals surface area contributed by atoms with Gasteiger partial charge in [-0.05, 0) is 5.92 Å². The molecule has 4 heterocycles. The van der Waals surface area contributed by atoms with Crippen LogP contribution in [0.4, 0.5) is 0 Å². The van der Waals surface area contributed by atoms with Crippen LogP contribution in [0.1, 0.15) is 0 Å². The molecular weight excluding hydrogens is 164 g/mol. The van der Waals surface area contributed by atoms with Gasteiger partial charge in [0, 0.05) is 0 Å². The molecule has 0 saturated carbocycles. The molecule has 0 unspecified atom stereocenters. The monoisotopic (exact) mass is 182 g/mol. The van der Waals surface area contributed by atoms with Gasteiger partial charge in [0.1, 0.15) is 0 Å². The van der Waals surface area contributed by atoms with Crippen molar-refractivity contribution >= 4 is 0 Å². The third-order valence-electron chi connectivity index (χ3n) is 3.60. The second kappa shape index (κ2) is 2.46. The third-order valence-corrected chi connectivity index (χ3v) is 3.60. The van der Waals surface area contributed by atoms with Crippen LogP contribution in [-0.4, -0.2) is 51.0 Å². The highest BCUT2D eigenvalue weighted by Gasteiger charge is 2.56. The van der Waals surface area contributed by atoms with Crippen LogP contribution in [0.3, 0.4) is 0 Å². The van der Waals surface area contributed by atoms with Gasteiger partial charge in [0.05, 0.1) is 0 Å². The predicted molar refractivity (Wildman–Crippen MR) is 46.1 cm³/mol. The van der Waals surface area contributed by atoms with Crippen molar-refractivity contribution in [2.75, 3.05) is 46.6 Å². The highest BCUT2D eigenvalue weighted by molar-refractivity contribution is 4.83. The molecule has 4 aliphatic heterocycles. The van der Waals surface area contributed by atoms with E-state index in [0.29, 0.717) is 0 Å². The zero-order valence-electron chi connectivity index (χ0n) is 7.97. The normalized spacial score (nSPS) is 52.1. The molecule has 13 heavy (non-hydrogen) atoms. The van der Waals surface area contributed by atoms with Gasteiger partial charge in [0.25, 0.3) is 0 Å². The first kappa shape index (κ1) is 7.77. The molecule has 4 nitrogen and oxygen atoms in total. The van der Waals surface area contributed by atoms with E-state index in [1.807, 2.05) is 0 Å². The van der Waals surface area contributed by atoms with Gasteiger partial charge in [-0.25, -0.2) is 0 Å². The molecule has 0 spiro atoms. The van der Waals surface area contributed by atoms with Gasteiger partial charge in [-0.2, -0.15) is 19.2 Å². The van der Waals surface area contributed by atoms with Gasteiger partial charge in [-0.3, -0.25) is 0 Å². The van der Waals surface area contributed by atoms with Crippen LogP contribution in [0.2, 0.25) is 0 Å². The Bertz CT molecular complexity index is 232. The van der Waals surface area contributed by atoms with Crippen molar-refractivity contribution in [3.05, 3.63) is 0 Å². The minimum absolute atomic E-state index is 0.941. The molecule has 0 atom stereocenters. The molecule has 4 aliphatic rings. The van der Waals surface area contributed by atoms with E-state index in [0.717, 1.165) is 6.54 Å². The smallest absolute Gasteiger partial charge is 0.195 e. The van der Waals surface area contributed by atoms with Crippen LogP contribution < -0.4 is 14.7 Å². The maximum absolute atomic E-state index is 5.46. The first-order valence-electron chi connectivity index (χ1n) is 5.09. The molecule has 4 bridgehead atoms. The molecule has 0 aromatic heterocycles. The molecule has 70 valence electrons. The van der Waals surface area contributed by atoms with Gasteiger partial charge in [-0.15, -0.1) is 6.42 Å². The van der Waals surface area contributed by atoms with Gasteiger partial charge < -0.3 is 0 Å². The van der Waals surface area contributed by atoms with Crippen LogP contribution in [0, 0.1) is 12.3 Å². The number of quaternary nitrogens is 4. The van der Waals surface area contributed by atoms with E-state index >= 15 is 0 Å². The van der Waals surface area contributed by atoms with Crippen LogP contribution in [-0.2, 0) is 0 Å². The number of nitrogens with zero attached hydrogens (tertiary/aromatic N) is 1. The maximum Gasteiger partial charge on any atom is 0.224 e. The second-order valence-electron chi connectivity index (χ2n) is 4.96. The number of terminal acetylenes is 1. The Balaban J connectivity index is 1.88. The van der Waals surface area contributed by atoms with Crippen LogP contribution in [0.15, 0.2) is 0 Å². The van der Waals surface area contributed by atoms with Crippen LogP contribution in [0.25, 0.3) is 0 Å². The van der Waals surface area contributed by atoms with Gasteiger partial charge in [0.2, 0.25) is 40.0 Å². The fourth-order valence-corrected chi connectivity index (χ4v) is 3.54. The summed E-state index contributed by atoms with van der Waals surface area (Å²) in [6.45, 7) is 8.75. The van der Waals surface area contributed by atoms with E-state index < -0.39 is 0 Å². The van der Waals surface area contributed by atoms with Crippen molar-refractivity contribution in [1.82, 2.24) is 0 Å². The Morgan fingerprint density at radius 2 is 1.46 bits per heavy atom. The molecule has 0 radical (unpaired) electrons. The molecule has 4 rings (SSSR count). The molecular formula is C9H18N4+4. The molecule has 0 aromatic carbocycles. The lowest BCUT2D eigenvalue weighted by molar-refractivity contribution is -1.43. The summed E-state index contributed by atoms with van der Waals surface area (Å²) in [5, 5.41) is 0. The maximum atomic E-state index is 5.46. The lowest BCUT2D eigenvalue weighted by Crippen LogP contribution is -3.57. The van der Waals surface area contributed by atoms with E-state index in [1.54, 1.807) is 14.7 Å². The van der Waals surface area contributed by atoms with E-state index in [-0.39, 0.29) is 0 Å². The quantitative estimate of drug-likeness (QED) is 0.265. The fraction of sp³-hybridized carbons (Fsp3) is 0.778. The van der Waals surface area contributed by atoms with Crippen molar-refractivity contribution in [2.45, 2.75) is 0 Å². The Morgan fingerprint density at radius 1 is 1.00 bits per heavy atom. The fourth-order valence-electron chi connectivity index (χ4n) is 3.54. The summed E-state index contributed by atoms with van der Waals surface area (Å²) in [5.74, 6) is 2.86. The SMILES string of the molecule is C#CC[N+]12C[NH+]3C[NH+](C[NH+](C3)C1)C2. The highest BCUT2D eigenvalue weighted by Crippen LogP contribution is 2.00. The second-order valence-corrected chi connectivity index (χ2v) is 4.96. The Kier molecular flexibility index (Phi) is 1.47. The Hall–Kier alpha value is -0.600. The van der Waals surface area contributed by atoms with Crippen molar-refractivity contribution < 1.29 is 19.2 Å². The largest absolute Gasteiger partial charge is 0.224 e. The number of hydrogen-bond donors (Lipinski definition) is 3. The minimum Gasteiger partial charge on any atom is -0.195 e. The van der Waals surface area contributed by atoms with E-state index in [1.165, 1.54) is 44.5 Å². The number of nitrogens with one attached hydrogen (secondary N) is 3. The first-order chi connectivity index (χ1) is 6.30. The van der Waals surface area contributed by atoms with E-state index in [2.05, 4.69) is 5.92 Å². The summed E-state index contributed by atoms with van der Waals surface area (Å²) < 4.78 is 1.18. The molecule has 0 aliphatic carbocycles. The minimum atomic E-state index is 0.941.